The average molecular weight is 182 g/mol. The van der Waals surface area contributed by atoms with Crippen LogP contribution in [0.1, 0.15) is 19.8 Å². The van der Waals surface area contributed by atoms with Crippen molar-refractivity contribution < 1.29 is 9.80 Å². The van der Waals surface area contributed by atoms with E-state index in [1.807, 2.05) is 0 Å². The van der Waals surface area contributed by atoms with E-state index in [1.54, 1.807) is 9.80 Å². The fourth-order valence-corrected chi connectivity index (χ4v) is 1.61. The first-order chi connectivity index (χ1) is 6.33. The minimum absolute atomic E-state index is 1.06. The van der Waals surface area contributed by atoms with Crippen molar-refractivity contribution in [1.82, 2.24) is 0 Å². The molecule has 2 heteroatoms. The fourth-order valence-electron chi connectivity index (χ4n) is 1.61. The third-order valence-corrected chi connectivity index (χ3v) is 2.65. The molecular formula is C11H22N2+2. The van der Waals surface area contributed by atoms with Crippen molar-refractivity contribution in [1.29, 1.82) is 0 Å². The zero-order chi connectivity index (χ0) is 9.52. The van der Waals surface area contributed by atoms with Gasteiger partial charge in [0.1, 0.15) is 32.7 Å². The lowest BCUT2D eigenvalue weighted by atomic mass is 10.3. The molecule has 0 saturated carbocycles. The Balaban J connectivity index is 2.13. The van der Waals surface area contributed by atoms with Gasteiger partial charge in [-0.05, 0) is 12.3 Å². The van der Waals surface area contributed by atoms with Gasteiger partial charge >= 0.3 is 0 Å². The van der Waals surface area contributed by atoms with E-state index in [0.717, 1.165) is 13.0 Å². The molecule has 1 heterocycles. The molecule has 2 nitrogen and oxygen atoms in total. The lowest BCUT2D eigenvalue weighted by Crippen LogP contribution is -3.26. The normalized spacial score (nSPS) is 27.8. The highest BCUT2D eigenvalue weighted by molar-refractivity contribution is 4.98. The second-order valence-corrected chi connectivity index (χ2v) is 3.99. The lowest BCUT2D eigenvalue weighted by Gasteiger charge is -2.25. The second kappa shape index (κ2) is 6.01. The molecule has 0 aromatic heterocycles. The molecule has 0 amide bonds. The molecule has 0 unspecified atom stereocenters. The molecule has 0 spiro atoms. The lowest BCUT2D eigenvalue weighted by molar-refractivity contribution is -1.000. The van der Waals surface area contributed by atoms with Crippen molar-refractivity contribution in [2.24, 2.45) is 0 Å². The van der Waals surface area contributed by atoms with Crippen molar-refractivity contribution in [2.45, 2.75) is 19.8 Å². The summed E-state index contributed by atoms with van der Waals surface area (Å²) in [6, 6.07) is 0. The van der Waals surface area contributed by atoms with Crippen molar-refractivity contribution in [3.05, 3.63) is 0 Å². The van der Waals surface area contributed by atoms with E-state index in [1.165, 1.54) is 32.6 Å². The zero-order valence-corrected chi connectivity index (χ0v) is 8.95. The molecule has 0 atom stereocenters. The van der Waals surface area contributed by atoms with Crippen LogP contribution in [-0.4, -0.2) is 39.8 Å². The van der Waals surface area contributed by atoms with Gasteiger partial charge in [0.05, 0.1) is 7.05 Å². The summed E-state index contributed by atoms with van der Waals surface area (Å²) in [5.74, 6) is 6.49. The summed E-state index contributed by atoms with van der Waals surface area (Å²) in [4.78, 5) is 3.35. The largest absolute Gasteiger partial charge is 0.328 e. The first-order valence-electron chi connectivity index (χ1n) is 5.43. The van der Waals surface area contributed by atoms with Crippen LogP contribution in [0, 0.1) is 11.8 Å². The molecular weight excluding hydrogens is 160 g/mol. The molecule has 13 heavy (non-hydrogen) atoms. The van der Waals surface area contributed by atoms with Gasteiger partial charge in [0.25, 0.3) is 0 Å². The van der Waals surface area contributed by atoms with Crippen molar-refractivity contribution in [3.63, 3.8) is 0 Å². The van der Waals surface area contributed by atoms with E-state index in [0.29, 0.717) is 0 Å². The number of hydrogen-bond donors (Lipinski definition) is 2. The number of piperazine rings is 1. The van der Waals surface area contributed by atoms with Crippen LogP contribution < -0.4 is 9.80 Å². The molecule has 0 bridgehead atoms. The van der Waals surface area contributed by atoms with Crippen LogP contribution in [0.2, 0.25) is 0 Å². The highest BCUT2D eigenvalue weighted by Crippen LogP contribution is 1.79. The number of hydrogen-bond acceptors (Lipinski definition) is 0. The van der Waals surface area contributed by atoms with Gasteiger partial charge in [-0.15, -0.1) is 0 Å². The maximum atomic E-state index is 3.27. The van der Waals surface area contributed by atoms with E-state index in [9.17, 15) is 0 Å². The Bertz CT molecular complexity index is 182. The predicted molar refractivity (Wildman–Crippen MR) is 54.9 cm³/mol. The highest BCUT2D eigenvalue weighted by atomic mass is 15.2. The number of quaternary nitrogens is 2. The van der Waals surface area contributed by atoms with E-state index in [-0.39, 0.29) is 0 Å². The molecule has 1 rings (SSSR count). The minimum atomic E-state index is 1.06. The smallest absolute Gasteiger partial charge is 0.139 e. The third kappa shape index (κ3) is 4.31. The molecule has 74 valence electrons. The number of rotatable bonds is 2. The average Bonchev–Trinajstić information content (AvgIpc) is 2.15. The topological polar surface area (TPSA) is 8.88 Å². The molecule has 0 radical (unpaired) electrons. The van der Waals surface area contributed by atoms with Gasteiger partial charge in [0, 0.05) is 6.42 Å². The van der Waals surface area contributed by atoms with Gasteiger partial charge in [-0.3, -0.25) is 0 Å². The Morgan fingerprint density at radius 1 is 1.08 bits per heavy atom. The van der Waals surface area contributed by atoms with Crippen molar-refractivity contribution in [2.75, 3.05) is 39.8 Å². The predicted octanol–water partition coefficient (Wildman–Crippen LogP) is -1.80. The van der Waals surface area contributed by atoms with E-state index >= 15 is 0 Å². The van der Waals surface area contributed by atoms with Crippen LogP contribution in [0.15, 0.2) is 0 Å². The van der Waals surface area contributed by atoms with E-state index in [4.69, 9.17) is 0 Å². The standard InChI is InChI=1S/C11H20N2/c1-3-4-5-6-7-13-10-8-12(2)9-11-13/h3-4,7-11H2,1-2H3/p+2. The molecule has 1 saturated heterocycles. The Kier molecular flexibility index (Phi) is 4.88. The number of likely N-dealkylation sites (N-methyl/N-ethyl adjacent to an activating group) is 1. The summed E-state index contributed by atoms with van der Waals surface area (Å²) >= 11 is 0. The van der Waals surface area contributed by atoms with Crippen molar-refractivity contribution >= 4 is 0 Å². The summed E-state index contributed by atoms with van der Waals surface area (Å²) < 4.78 is 0. The maximum absolute atomic E-state index is 3.27. The van der Waals surface area contributed by atoms with Crippen LogP contribution in [0.4, 0.5) is 0 Å². The minimum Gasteiger partial charge on any atom is -0.328 e. The van der Waals surface area contributed by atoms with Crippen LogP contribution >= 0.6 is 0 Å². The van der Waals surface area contributed by atoms with Crippen LogP contribution in [0.5, 0.6) is 0 Å². The third-order valence-electron chi connectivity index (χ3n) is 2.65. The molecule has 0 aromatic rings. The first-order valence-corrected chi connectivity index (χ1v) is 5.43. The first kappa shape index (κ1) is 10.6. The van der Waals surface area contributed by atoms with Gasteiger partial charge in [-0.2, -0.15) is 0 Å². The quantitative estimate of drug-likeness (QED) is 0.467. The summed E-state index contributed by atoms with van der Waals surface area (Å²) in [5, 5.41) is 0. The SMILES string of the molecule is CCCC#CC[NH+]1CC[NH+](C)CC1. The van der Waals surface area contributed by atoms with E-state index in [2.05, 4.69) is 25.8 Å². The molecule has 1 aliphatic heterocycles. The molecule has 0 aliphatic carbocycles. The summed E-state index contributed by atoms with van der Waals surface area (Å²) in [6.07, 6.45) is 2.26. The fraction of sp³-hybridized carbons (Fsp3) is 0.818. The van der Waals surface area contributed by atoms with Gasteiger partial charge in [-0.1, -0.05) is 12.8 Å². The molecule has 2 N–H and O–H groups in total. The van der Waals surface area contributed by atoms with Gasteiger partial charge < -0.3 is 9.80 Å². The van der Waals surface area contributed by atoms with Gasteiger partial charge in [-0.25, -0.2) is 0 Å². The van der Waals surface area contributed by atoms with E-state index < -0.39 is 0 Å². The Morgan fingerprint density at radius 3 is 2.38 bits per heavy atom. The molecule has 1 aliphatic rings. The summed E-state index contributed by atoms with van der Waals surface area (Å²) in [7, 11) is 2.28. The maximum Gasteiger partial charge on any atom is 0.139 e. The summed E-state index contributed by atoms with van der Waals surface area (Å²) in [6.45, 7) is 8.46. The van der Waals surface area contributed by atoms with Crippen molar-refractivity contribution in [3.8, 4) is 11.8 Å². The van der Waals surface area contributed by atoms with Gasteiger partial charge in [0.15, 0.2) is 0 Å². The monoisotopic (exact) mass is 182 g/mol. The zero-order valence-electron chi connectivity index (χ0n) is 8.95. The highest BCUT2D eigenvalue weighted by Gasteiger charge is 2.17. The van der Waals surface area contributed by atoms with Crippen LogP contribution in [-0.2, 0) is 0 Å². The Hall–Kier alpha value is -0.520. The molecule has 1 fully saturated rings. The van der Waals surface area contributed by atoms with Gasteiger partial charge in [0.2, 0.25) is 0 Å². The molecule has 0 aromatic carbocycles. The number of unbranched alkanes of at least 4 members (excludes halogenated alkanes) is 1. The Morgan fingerprint density at radius 2 is 1.77 bits per heavy atom. The second-order valence-electron chi connectivity index (χ2n) is 3.99. The summed E-state index contributed by atoms with van der Waals surface area (Å²) in [5.41, 5.74) is 0. The Labute approximate surface area is 81.9 Å². The number of nitrogens with one attached hydrogen (secondary N) is 2. The van der Waals surface area contributed by atoms with Crippen LogP contribution in [0.3, 0.4) is 0 Å². The van der Waals surface area contributed by atoms with Crippen LogP contribution in [0.25, 0.3) is 0 Å².